The largest absolute Gasteiger partial charge is 0.365 e. The molecular formula is C10H23N5O. The van der Waals surface area contributed by atoms with E-state index in [-0.39, 0.29) is 12.5 Å². The fourth-order valence-electron chi connectivity index (χ4n) is 2.63. The fraction of sp³-hybridized carbons (Fsp3) is 1.00. The van der Waals surface area contributed by atoms with Crippen molar-refractivity contribution in [3.05, 3.63) is 0 Å². The molecule has 6 nitrogen and oxygen atoms in total. The number of fused-ring (bicyclic) bond motifs is 1. The van der Waals surface area contributed by atoms with Gasteiger partial charge >= 0.3 is 0 Å². The molecule has 0 aromatic carbocycles. The molecule has 2 N–H and O–H groups in total. The monoisotopic (exact) mass is 229 g/mol. The maximum absolute atomic E-state index is 5.56. The highest BCUT2D eigenvalue weighted by Gasteiger charge is 2.46. The first-order valence-corrected chi connectivity index (χ1v) is 5.66. The molecule has 0 amide bonds. The van der Waals surface area contributed by atoms with Crippen molar-refractivity contribution in [2.75, 3.05) is 42.0 Å². The molecule has 2 rings (SSSR count). The van der Waals surface area contributed by atoms with Crippen LogP contribution in [0.5, 0.6) is 0 Å². The van der Waals surface area contributed by atoms with Crippen LogP contribution in [0.4, 0.5) is 0 Å². The minimum atomic E-state index is 0.0635. The predicted octanol–water partition coefficient (Wildman–Crippen LogP) is -1.47. The number of hydrogen-bond acceptors (Lipinski definition) is 6. The zero-order valence-corrected chi connectivity index (χ0v) is 10.8. The van der Waals surface area contributed by atoms with Gasteiger partial charge in [-0.15, -0.1) is 0 Å². The molecule has 4 atom stereocenters. The average molecular weight is 229 g/mol. The summed E-state index contributed by atoms with van der Waals surface area (Å²) in [5, 5.41) is 7.03. The van der Waals surface area contributed by atoms with Crippen LogP contribution in [-0.4, -0.2) is 81.4 Å². The lowest BCUT2D eigenvalue weighted by atomic mass is 10.1. The molecule has 0 aliphatic carbocycles. The van der Waals surface area contributed by atoms with Crippen LogP contribution in [0.15, 0.2) is 0 Å². The normalized spacial score (nSPS) is 41.6. The van der Waals surface area contributed by atoms with Crippen molar-refractivity contribution in [1.29, 1.82) is 0 Å². The number of methoxy groups -OCH3 is 1. The van der Waals surface area contributed by atoms with Gasteiger partial charge in [-0.05, 0) is 28.2 Å². The molecule has 2 aliphatic rings. The van der Waals surface area contributed by atoms with E-state index < -0.39 is 0 Å². The van der Waals surface area contributed by atoms with Crippen LogP contribution < -0.4 is 10.6 Å². The third-order valence-electron chi connectivity index (χ3n) is 3.48. The second kappa shape index (κ2) is 4.56. The Morgan fingerprint density at radius 1 is 1.19 bits per heavy atom. The van der Waals surface area contributed by atoms with Gasteiger partial charge in [0.05, 0.1) is 18.9 Å². The standard InChI is InChI=1S/C10H23N5O/c1-13(2)10-11-8-7(9(12-10)16-5)14(3)6-15(8)4/h7-12H,6H2,1-5H3. The summed E-state index contributed by atoms with van der Waals surface area (Å²) >= 11 is 0. The zero-order valence-electron chi connectivity index (χ0n) is 10.8. The van der Waals surface area contributed by atoms with E-state index in [1.54, 1.807) is 7.11 Å². The lowest BCUT2D eigenvalue weighted by molar-refractivity contribution is -0.0591. The first-order valence-electron chi connectivity index (χ1n) is 5.66. The van der Waals surface area contributed by atoms with Gasteiger partial charge in [-0.3, -0.25) is 25.3 Å². The first-order chi connectivity index (χ1) is 7.54. The highest BCUT2D eigenvalue weighted by molar-refractivity contribution is 4.97. The molecule has 0 aromatic rings. The van der Waals surface area contributed by atoms with Crippen molar-refractivity contribution in [2.24, 2.45) is 0 Å². The van der Waals surface area contributed by atoms with E-state index >= 15 is 0 Å². The SMILES string of the molecule is COC1NC(N(C)C)NC2C1N(C)CN2C. The maximum atomic E-state index is 5.56. The zero-order chi connectivity index (χ0) is 11.9. The highest BCUT2D eigenvalue weighted by Crippen LogP contribution is 2.22. The first kappa shape index (κ1) is 12.2. The van der Waals surface area contributed by atoms with Crippen molar-refractivity contribution >= 4 is 0 Å². The Hall–Kier alpha value is -0.240. The van der Waals surface area contributed by atoms with Gasteiger partial charge in [-0.2, -0.15) is 0 Å². The summed E-state index contributed by atoms with van der Waals surface area (Å²) < 4.78 is 5.56. The van der Waals surface area contributed by atoms with Gasteiger partial charge in [0.25, 0.3) is 0 Å². The Morgan fingerprint density at radius 3 is 2.44 bits per heavy atom. The minimum absolute atomic E-state index is 0.0635. The van der Waals surface area contributed by atoms with Gasteiger partial charge in [0.1, 0.15) is 12.5 Å². The molecule has 2 aliphatic heterocycles. The summed E-state index contributed by atoms with van der Waals surface area (Å²) in [6.45, 7) is 0.962. The Morgan fingerprint density at radius 2 is 1.88 bits per heavy atom. The van der Waals surface area contributed by atoms with Crippen LogP contribution in [0, 0.1) is 0 Å². The van der Waals surface area contributed by atoms with Crippen molar-refractivity contribution < 1.29 is 4.74 Å². The third-order valence-corrected chi connectivity index (χ3v) is 3.48. The number of hydrogen-bond donors (Lipinski definition) is 2. The molecule has 4 unspecified atom stereocenters. The summed E-state index contributed by atoms with van der Waals surface area (Å²) in [6.07, 6.45) is 0.553. The van der Waals surface area contributed by atoms with E-state index in [0.717, 1.165) is 6.67 Å². The Bertz CT molecular complexity index is 249. The average Bonchev–Trinajstić information content (AvgIpc) is 2.53. The van der Waals surface area contributed by atoms with Crippen molar-refractivity contribution in [1.82, 2.24) is 25.3 Å². The summed E-state index contributed by atoms with van der Waals surface area (Å²) in [7, 11) is 10.1. The molecular weight excluding hydrogens is 206 g/mol. The lowest BCUT2D eigenvalue weighted by Crippen LogP contribution is -2.72. The van der Waals surface area contributed by atoms with E-state index in [9.17, 15) is 0 Å². The second-order valence-corrected chi connectivity index (χ2v) is 4.95. The fourth-order valence-corrected chi connectivity index (χ4v) is 2.63. The van der Waals surface area contributed by atoms with Crippen molar-refractivity contribution in [3.63, 3.8) is 0 Å². The highest BCUT2D eigenvalue weighted by atomic mass is 16.5. The van der Waals surface area contributed by atoms with Crippen LogP contribution in [-0.2, 0) is 4.74 Å². The van der Waals surface area contributed by atoms with E-state index in [1.807, 2.05) is 0 Å². The van der Waals surface area contributed by atoms with E-state index in [0.29, 0.717) is 12.2 Å². The molecule has 0 spiro atoms. The van der Waals surface area contributed by atoms with Gasteiger partial charge < -0.3 is 4.74 Å². The molecule has 2 saturated heterocycles. The third kappa shape index (κ3) is 1.97. The van der Waals surface area contributed by atoms with Gasteiger partial charge in [0.15, 0.2) is 0 Å². The second-order valence-electron chi connectivity index (χ2n) is 4.95. The molecule has 2 fully saturated rings. The molecule has 94 valence electrons. The summed E-state index contributed by atoms with van der Waals surface area (Å²) in [4.78, 5) is 6.74. The summed E-state index contributed by atoms with van der Waals surface area (Å²) in [5.74, 6) is 0. The smallest absolute Gasteiger partial charge is 0.128 e. The molecule has 0 aromatic heterocycles. The van der Waals surface area contributed by atoms with Crippen LogP contribution in [0.3, 0.4) is 0 Å². The Balaban J connectivity index is 2.14. The number of nitrogens with one attached hydrogen (secondary N) is 2. The topological polar surface area (TPSA) is 43.0 Å². The van der Waals surface area contributed by atoms with Gasteiger partial charge in [0.2, 0.25) is 0 Å². The number of likely N-dealkylation sites (N-methyl/N-ethyl adjacent to an activating group) is 2. The van der Waals surface area contributed by atoms with Gasteiger partial charge in [-0.1, -0.05) is 0 Å². The summed E-state index contributed by atoms with van der Waals surface area (Å²) in [6, 6.07) is 0.353. The molecule has 16 heavy (non-hydrogen) atoms. The molecule has 0 bridgehead atoms. The van der Waals surface area contributed by atoms with E-state index in [4.69, 9.17) is 4.74 Å². The quantitative estimate of drug-likeness (QED) is 0.602. The van der Waals surface area contributed by atoms with Crippen molar-refractivity contribution in [3.8, 4) is 0 Å². The minimum Gasteiger partial charge on any atom is -0.365 e. The van der Waals surface area contributed by atoms with Crippen LogP contribution in [0.25, 0.3) is 0 Å². The number of ether oxygens (including phenoxy) is 1. The van der Waals surface area contributed by atoms with E-state index in [2.05, 4.69) is 53.5 Å². The van der Waals surface area contributed by atoms with Gasteiger partial charge in [-0.25, -0.2) is 0 Å². The van der Waals surface area contributed by atoms with Gasteiger partial charge in [0, 0.05) is 7.11 Å². The Labute approximate surface area is 97.5 Å². The summed E-state index contributed by atoms with van der Waals surface area (Å²) in [5.41, 5.74) is 0. The molecule has 0 saturated carbocycles. The van der Waals surface area contributed by atoms with Crippen LogP contribution in [0.2, 0.25) is 0 Å². The number of rotatable bonds is 2. The Kier molecular flexibility index (Phi) is 3.48. The van der Waals surface area contributed by atoms with Crippen LogP contribution in [0.1, 0.15) is 0 Å². The molecule has 6 heteroatoms. The van der Waals surface area contributed by atoms with E-state index in [1.165, 1.54) is 0 Å². The lowest BCUT2D eigenvalue weighted by Gasteiger charge is -2.44. The molecule has 0 radical (unpaired) electrons. The predicted molar refractivity (Wildman–Crippen MR) is 62.5 cm³/mol. The molecule has 2 heterocycles. The maximum Gasteiger partial charge on any atom is 0.128 e. The van der Waals surface area contributed by atoms with Crippen molar-refractivity contribution in [2.45, 2.75) is 24.7 Å². The van der Waals surface area contributed by atoms with Crippen LogP contribution >= 0.6 is 0 Å². The number of nitrogens with zero attached hydrogens (tertiary/aromatic N) is 3.